The van der Waals surface area contributed by atoms with Gasteiger partial charge in [-0.05, 0) is 122 Å². The minimum absolute atomic E-state index is 0.0266. The van der Waals surface area contributed by atoms with Gasteiger partial charge in [-0.2, -0.15) is 0 Å². The monoisotopic (exact) mass is 1590 g/mol. The first-order chi connectivity index (χ1) is 54.4. The lowest BCUT2D eigenvalue weighted by atomic mass is 9.83. The van der Waals surface area contributed by atoms with Gasteiger partial charge in [0.15, 0.2) is 17.3 Å². The van der Waals surface area contributed by atoms with Gasteiger partial charge in [0.05, 0.1) is 53.8 Å². The molecule has 7 rings (SSSR count). The second-order valence-corrected chi connectivity index (χ2v) is 32.6. The minimum atomic E-state index is -1.50. The minimum Gasteiger partial charge on any atom is -0.449 e. The second-order valence-electron chi connectivity index (χ2n) is 31.6. The number of carbonyl (C=O) groups is 12. The summed E-state index contributed by atoms with van der Waals surface area (Å²) in [6, 6.07) is 29.6. The molecule has 1 fully saturated rings. The average molecular weight is 1590 g/mol. The quantitative estimate of drug-likeness (QED) is 0.0178. The van der Waals surface area contributed by atoms with E-state index in [-0.39, 0.29) is 132 Å². The molecular formula is C87H120N10O16S. The van der Waals surface area contributed by atoms with Gasteiger partial charge >= 0.3 is 18.2 Å². The van der Waals surface area contributed by atoms with Crippen LogP contribution < -0.4 is 37.6 Å². The van der Waals surface area contributed by atoms with Crippen molar-refractivity contribution in [1.29, 1.82) is 0 Å². The lowest BCUT2D eigenvalue weighted by Crippen LogP contribution is -2.55. The van der Waals surface area contributed by atoms with Crippen molar-refractivity contribution < 1.29 is 76.5 Å². The van der Waals surface area contributed by atoms with E-state index < -0.39 is 113 Å². The summed E-state index contributed by atoms with van der Waals surface area (Å²) in [5.74, 6) is -7.73. The van der Waals surface area contributed by atoms with Crippen LogP contribution in [0.15, 0.2) is 115 Å². The number of primary amides is 1. The number of nitrogens with two attached hydrogens (primary N) is 1. The lowest BCUT2D eigenvalue weighted by Gasteiger charge is -2.41. The maximum absolute atomic E-state index is 14.9. The molecule has 1 saturated heterocycles. The molecule has 4 aromatic carbocycles. The molecule has 26 nitrogen and oxygen atoms in total. The van der Waals surface area contributed by atoms with Crippen molar-refractivity contribution in [1.82, 2.24) is 41.4 Å². The van der Waals surface area contributed by atoms with Gasteiger partial charge in [0.2, 0.25) is 29.5 Å². The molecule has 2 heterocycles. The summed E-state index contributed by atoms with van der Waals surface area (Å²) in [6.07, 6.45) is 2.41. The fourth-order valence-corrected chi connectivity index (χ4v) is 16.3. The van der Waals surface area contributed by atoms with E-state index in [0.29, 0.717) is 49.9 Å². The number of methoxy groups -OCH3 is 2. The fraction of sp³-hybridized carbons (Fsp3) is 0.552. The predicted octanol–water partition coefficient (Wildman–Crippen LogP) is 11.8. The van der Waals surface area contributed by atoms with Crippen LogP contribution in [0.4, 0.5) is 20.1 Å². The topological polar surface area (TPSA) is 359 Å². The Morgan fingerprint density at radius 3 is 1.93 bits per heavy atom. The largest absolute Gasteiger partial charge is 0.449 e. The molecule has 1 aliphatic heterocycles. The van der Waals surface area contributed by atoms with Crippen molar-refractivity contribution in [3.05, 3.63) is 142 Å². The Labute approximate surface area is 675 Å². The summed E-state index contributed by atoms with van der Waals surface area (Å²) in [5, 5.41) is 19.0. The van der Waals surface area contributed by atoms with Gasteiger partial charge in [-0.15, -0.1) is 11.3 Å². The summed E-state index contributed by atoms with van der Waals surface area (Å²) in [4.78, 5) is 172. The molecule has 1 aromatic heterocycles. The zero-order valence-corrected chi connectivity index (χ0v) is 69.4. The number of ketones is 4. The smallest absolute Gasteiger partial charge is 0.408 e. The maximum atomic E-state index is 14.9. The summed E-state index contributed by atoms with van der Waals surface area (Å²) in [6.45, 7) is 17.8. The highest BCUT2D eigenvalue weighted by atomic mass is 32.1. The molecule has 0 spiro atoms. The van der Waals surface area contributed by atoms with Gasteiger partial charge < -0.3 is 66.4 Å². The number of urea groups is 1. The zero-order valence-electron chi connectivity index (χ0n) is 68.6. The number of hydrogen-bond acceptors (Lipinski definition) is 18. The van der Waals surface area contributed by atoms with E-state index in [4.69, 9.17) is 24.7 Å². The standard InChI is InChI=1S/C87H120N10O16S/c1-14-55(6)78(74(110-12)49-76(103)97-42-25-34-71(97)79(111-13)56(7)72(100)47-62(82-89-41-43-114-82)44-58-26-16-15-17-27-58)96(11)83(106)69(53(2)3)48-75(102)87(9,10)95-86(109)112-51-59-35-37-63(38-36-59)93-80(104)61(29-24-40-90-84(88)107)46-73(101)77(54(4)5)94-81(105)60(45-64(99)50-92-57(8)98)28-22-23-39-91-85(108)113-52-70-67-32-20-18-30-65(67)66-31-19-21-33-68(66)70/h15-21,26-27,30-33,35-38,41,43,53-56,60-62,69-71,74,77-79H,14,22-25,28-29,34,39-40,42,44-52H2,1-13H3,(H,91,108)(H,92,98)(H,93,104)(H,94,105)(H,95,109)(H3,88,90,107)/t55-,56-,60+,61+,62+,69-,71-,74+,77-,78-,79+/m0/s1. The number of aromatic nitrogens is 1. The van der Waals surface area contributed by atoms with Crippen molar-refractivity contribution >= 4 is 87.9 Å². The zero-order chi connectivity index (χ0) is 83.3. The third-order valence-electron chi connectivity index (χ3n) is 22.3. The molecule has 620 valence electrons. The van der Waals surface area contributed by atoms with Crippen LogP contribution in [0.2, 0.25) is 0 Å². The molecule has 11 atom stereocenters. The normalized spacial score (nSPS) is 15.9. The number of thiazole rings is 1. The molecule has 0 saturated carbocycles. The molecule has 0 radical (unpaired) electrons. The number of amides is 9. The van der Waals surface area contributed by atoms with E-state index in [9.17, 15) is 57.5 Å². The number of likely N-dealkylation sites (tertiary alicyclic amines) is 1. The summed E-state index contributed by atoms with van der Waals surface area (Å²) in [7, 11) is 4.79. The van der Waals surface area contributed by atoms with E-state index in [1.165, 1.54) is 39.2 Å². The van der Waals surface area contributed by atoms with Gasteiger partial charge in [-0.25, -0.2) is 19.4 Å². The number of anilines is 1. The fourth-order valence-electron chi connectivity index (χ4n) is 15.5. The number of carbonyl (C=O) groups excluding carboxylic acids is 12. The molecule has 27 heteroatoms. The molecule has 8 N–H and O–H groups in total. The van der Waals surface area contributed by atoms with Gasteiger partial charge in [-0.3, -0.25) is 43.2 Å². The molecule has 0 unspecified atom stereocenters. The molecule has 114 heavy (non-hydrogen) atoms. The Bertz CT molecular complexity index is 4000. The Hall–Kier alpha value is -9.73. The van der Waals surface area contributed by atoms with Crippen LogP contribution in [-0.4, -0.2) is 176 Å². The highest BCUT2D eigenvalue weighted by Crippen LogP contribution is 2.45. The van der Waals surface area contributed by atoms with Crippen molar-refractivity contribution in [2.24, 2.45) is 47.2 Å². The number of ether oxygens (including phenoxy) is 4. The molecule has 0 bridgehead atoms. The number of nitrogens with one attached hydrogen (secondary N) is 6. The van der Waals surface area contributed by atoms with E-state index in [1.807, 2.05) is 112 Å². The molecule has 5 aromatic rings. The van der Waals surface area contributed by atoms with Gasteiger partial charge in [0, 0.05) is 126 Å². The van der Waals surface area contributed by atoms with E-state index in [0.717, 1.165) is 39.2 Å². The number of Topliss-reactive ketones (excluding diaryl/α,β-unsaturated/α-hetero) is 4. The van der Waals surface area contributed by atoms with Crippen LogP contribution in [-0.2, 0) is 75.1 Å². The molecular weight excluding hydrogens is 1470 g/mol. The number of likely N-dealkylation sites (N-methyl/N-ethyl adjacent to an activating group) is 1. The van der Waals surface area contributed by atoms with Crippen LogP contribution in [0.3, 0.4) is 0 Å². The number of rotatable bonds is 47. The number of fused-ring (bicyclic) bond motifs is 3. The third-order valence-corrected chi connectivity index (χ3v) is 23.2. The maximum Gasteiger partial charge on any atom is 0.408 e. The number of alkyl carbamates (subject to hydrolysis) is 2. The highest BCUT2D eigenvalue weighted by molar-refractivity contribution is 7.09. The molecule has 1 aliphatic carbocycles. The molecule has 2 aliphatic rings. The summed E-state index contributed by atoms with van der Waals surface area (Å²) >= 11 is 1.53. The Balaban J connectivity index is 0.907. The number of unbranched alkanes of at least 4 members (excludes halogenated alkanes) is 1. The Kier molecular flexibility index (Phi) is 35.9. The number of hydrogen-bond donors (Lipinski definition) is 7. The van der Waals surface area contributed by atoms with Crippen molar-refractivity contribution in [2.75, 3.05) is 59.4 Å². The number of benzene rings is 4. The average Bonchev–Trinajstić information content (AvgIpc) is 1.61. The Morgan fingerprint density at radius 2 is 1.32 bits per heavy atom. The summed E-state index contributed by atoms with van der Waals surface area (Å²) in [5.41, 5.74) is 10.1. The first kappa shape index (κ1) is 91.5. The second kappa shape index (κ2) is 44.8. The SMILES string of the molecule is CC[C@H](C)[C@@H]([C@@H](CC(=O)N1CCC[C@H]1[C@H](OC)[C@@H](C)C(=O)C[C@@H](Cc1ccccc1)c1nccs1)OC)N(C)C(=O)[C@@H](CC(=O)C(C)(C)NC(=O)OCc1ccc(NC(=O)[C@H](CCCNC(N)=O)CC(=O)[C@@H](NC(=O)[C@H](CCCCNC(=O)OCC2c3ccccc3-c3ccccc32)CC(=O)CNC(C)=O)C(C)C)cc1)C(C)C. The first-order valence-electron chi connectivity index (χ1n) is 40.0. The van der Waals surface area contributed by atoms with Crippen LogP contribution in [0.25, 0.3) is 11.1 Å². The summed E-state index contributed by atoms with van der Waals surface area (Å²) < 4.78 is 23.6. The predicted molar refractivity (Wildman–Crippen MR) is 437 cm³/mol. The van der Waals surface area contributed by atoms with Crippen LogP contribution in [0.1, 0.15) is 192 Å². The van der Waals surface area contributed by atoms with E-state index in [2.05, 4.69) is 49.0 Å². The number of nitrogens with zero attached hydrogens (tertiary/aromatic N) is 3. The van der Waals surface area contributed by atoms with E-state index in [1.54, 1.807) is 63.4 Å². The molecule has 9 amide bonds. The highest BCUT2D eigenvalue weighted by Gasteiger charge is 2.45. The lowest BCUT2D eigenvalue weighted by molar-refractivity contribution is -0.149. The van der Waals surface area contributed by atoms with Crippen molar-refractivity contribution in [3.63, 3.8) is 0 Å². The van der Waals surface area contributed by atoms with Crippen LogP contribution in [0.5, 0.6) is 0 Å². The Morgan fingerprint density at radius 1 is 0.684 bits per heavy atom. The van der Waals surface area contributed by atoms with Gasteiger partial charge in [-0.1, -0.05) is 152 Å². The first-order valence-corrected chi connectivity index (χ1v) is 40.9. The third kappa shape index (κ3) is 26.7. The van der Waals surface area contributed by atoms with Crippen molar-refractivity contribution in [2.45, 2.75) is 213 Å². The van der Waals surface area contributed by atoms with E-state index >= 15 is 0 Å². The van der Waals surface area contributed by atoms with Gasteiger partial charge in [0.1, 0.15) is 19.0 Å². The van der Waals surface area contributed by atoms with Gasteiger partial charge in [0.25, 0.3) is 0 Å². The van der Waals surface area contributed by atoms with Crippen LogP contribution >= 0.6 is 11.3 Å². The van der Waals surface area contributed by atoms with Crippen molar-refractivity contribution in [3.8, 4) is 11.1 Å². The van der Waals surface area contributed by atoms with Crippen LogP contribution in [0, 0.1) is 41.4 Å².